The summed E-state index contributed by atoms with van der Waals surface area (Å²) in [5, 5.41) is 5.47. The Balaban J connectivity index is 1.71. The van der Waals surface area contributed by atoms with Crippen molar-refractivity contribution in [2.24, 2.45) is 0 Å². The predicted octanol–water partition coefficient (Wildman–Crippen LogP) is 4.55. The van der Waals surface area contributed by atoms with Crippen molar-refractivity contribution in [2.45, 2.75) is 58.9 Å². The van der Waals surface area contributed by atoms with Crippen LogP contribution in [0.1, 0.15) is 50.2 Å². The zero-order chi connectivity index (χ0) is 19.4. The third-order valence-electron chi connectivity index (χ3n) is 5.13. The Kier molecular flexibility index (Phi) is 6.26. The maximum Gasteiger partial charge on any atom is 0.248 e. The molecular formula is C21H27N3O2S. The molecule has 1 aliphatic rings. The van der Waals surface area contributed by atoms with Crippen LogP contribution in [0.25, 0.3) is 11.3 Å². The Bertz CT molecular complexity index is 831. The highest BCUT2D eigenvalue weighted by Crippen LogP contribution is 2.27. The summed E-state index contributed by atoms with van der Waals surface area (Å²) in [4.78, 5) is 31.5. The van der Waals surface area contributed by atoms with Crippen molar-refractivity contribution in [3.05, 3.63) is 34.7 Å². The molecule has 1 fully saturated rings. The number of piperidine rings is 1. The van der Waals surface area contributed by atoms with E-state index in [1.54, 1.807) is 4.90 Å². The Morgan fingerprint density at radius 3 is 2.81 bits per heavy atom. The third-order valence-corrected chi connectivity index (χ3v) is 5.88. The van der Waals surface area contributed by atoms with E-state index in [0.717, 1.165) is 36.9 Å². The number of hydrogen-bond acceptors (Lipinski definition) is 4. The first-order chi connectivity index (χ1) is 13.0. The molecular weight excluding hydrogens is 358 g/mol. The van der Waals surface area contributed by atoms with E-state index in [2.05, 4.69) is 42.3 Å². The van der Waals surface area contributed by atoms with Gasteiger partial charge in [0.2, 0.25) is 11.8 Å². The van der Waals surface area contributed by atoms with Crippen molar-refractivity contribution in [3.8, 4) is 11.3 Å². The highest BCUT2D eigenvalue weighted by molar-refractivity contribution is 7.14. The number of anilines is 1. The van der Waals surface area contributed by atoms with Gasteiger partial charge >= 0.3 is 0 Å². The van der Waals surface area contributed by atoms with Gasteiger partial charge in [0.05, 0.1) is 5.69 Å². The minimum atomic E-state index is -0.383. The number of carbonyl (C=O) groups excluding carboxylic acids is 2. The minimum Gasteiger partial charge on any atom is -0.331 e. The predicted molar refractivity (Wildman–Crippen MR) is 110 cm³/mol. The highest BCUT2D eigenvalue weighted by Gasteiger charge is 2.32. The van der Waals surface area contributed by atoms with Crippen LogP contribution in [0.15, 0.2) is 23.6 Å². The summed E-state index contributed by atoms with van der Waals surface area (Å²) < 4.78 is 0. The van der Waals surface area contributed by atoms with Gasteiger partial charge in [0.1, 0.15) is 6.04 Å². The quantitative estimate of drug-likeness (QED) is 0.821. The lowest BCUT2D eigenvalue weighted by Crippen LogP contribution is -2.49. The van der Waals surface area contributed by atoms with Gasteiger partial charge in [-0.25, -0.2) is 4.98 Å². The van der Waals surface area contributed by atoms with E-state index in [9.17, 15) is 9.59 Å². The molecule has 1 saturated heterocycles. The number of aryl methyl sites for hydroxylation is 2. The number of nitrogens with zero attached hydrogens (tertiary/aromatic N) is 2. The minimum absolute atomic E-state index is 0.0762. The number of carbonyl (C=O) groups is 2. The normalized spacial score (nSPS) is 17.0. The molecule has 2 amide bonds. The van der Waals surface area contributed by atoms with E-state index in [1.807, 2.05) is 12.3 Å². The molecule has 1 aromatic carbocycles. The fourth-order valence-corrected chi connectivity index (χ4v) is 4.14. The smallest absolute Gasteiger partial charge is 0.248 e. The number of nitrogens with one attached hydrogen (secondary N) is 1. The van der Waals surface area contributed by atoms with Gasteiger partial charge in [-0.05, 0) is 56.7 Å². The second-order valence-electron chi connectivity index (χ2n) is 7.17. The number of hydrogen-bond donors (Lipinski definition) is 1. The first-order valence-electron chi connectivity index (χ1n) is 9.63. The summed E-state index contributed by atoms with van der Waals surface area (Å²) >= 11 is 1.42. The average Bonchev–Trinajstić information content (AvgIpc) is 3.12. The number of amides is 2. The van der Waals surface area contributed by atoms with Crippen LogP contribution < -0.4 is 5.32 Å². The number of thiazole rings is 1. The molecule has 1 aliphatic heterocycles. The summed E-state index contributed by atoms with van der Waals surface area (Å²) in [6.07, 6.45) is 3.96. The summed E-state index contributed by atoms with van der Waals surface area (Å²) in [5.74, 6) is -0.0487. The van der Waals surface area contributed by atoms with E-state index in [-0.39, 0.29) is 17.9 Å². The van der Waals surface area contributed by atoms with E-state index < -0.39 is 0 Å². The number of aromatic nitrogens is 1. The number of rotatable bonds is 5. The van der Waals surface area contributed by atoms with E-state index in [1.165, 1.54) is 22.5 Å². The third kappa shape index (κ3) is 4.56. The van der Waals surface area contributed by atoms with Gasteiger partial charge in [0.25, 0.3) is 0 Å². The van der Waals surface area contributed by atoms with Crippen LogP contribution >= 0.6 is 11.3 Å². The Morgan fingerprint density at radius 2 is 2.07 bits per heavy atom. The topological polar surface area (TPSA) is 62.3 Å². The summed E-state index contributed by atoms with van der Waals surface area (Å²) in [6.45, 7) is 6.82. The van der Waals surface area contributed by atoms with Crippen molar-refractivity contribution in [3.63, 3.8) is 0 Å². The van der Waals surface area contributed by atoms with Gasteiger partial charge in [0, 0.05) is 23.9 Å². The molecule has 2 aromatic rings. The fraction of sp³-hybridized carbons (Fsp3) is 0.476. The maximum atomic E-state index is 12.8. The highest BCUT2D eigenvalue weighted by atomic mass is 32.1. The van der Waals surface area contributed by atoms with Crippen LogP contribution in [0, 0.1) is 13.8 Å². The van der Waals surface area contributed by atoms with Gasteiger partial charge in [-0.1, -0.05) is 19.1 Å². The van der Waals surface area contributed by atoms with Crippen molar-refractivity contribution < 1.29 is 9.59 Å². The van der Waals surface area contributed by atoms with E-state index >= 15 is 0 Å². The van der Waals surface area contributed by atoms with Gasteiger partial charge in [-0.15, -0.1) is 11.3 Å². The van der Waals surface area contributed by atoms with Crippen LogP contribution in [0.5, 0.6) is 0 Å². The van der Waals surface area contributed by atoms with E-state index in [0.29, 0.717) is 18.1 Å². The van der Waals surface area contributed by atoms with Crippen molar-refractivity contribution in [2.75, 3.05) is 11.9 Å². The number of benzene rings is 1. The second-order valence-corrected chi connectivity index (χ2v) is 8.03. The standard InChI is InChI=1S/C21H27N3O2S/c1-4-7-19(25)24-11-6-5-8-18(24)20(26)23-21-22-17(13-27-21)16-10-9-14(2)15(3)12-16/h9-10,12-13,18H,4-8,11H2,1-3H3,(H,22,23,26). The average molecular weight is 386 g/mol. The fourth-order valence-electron chi connectivity index (χ4n) is 3.41. The number of likely N-dealkylation sites (tertiary alicyclic amines) is 1. The van der Waals surface area contributed by atoms with Gasteiger partial charge in [0.15, 0.2) is 5.13 Å². The molecule has 0 spiro atoms. The monoisotopic (exact) mass is 385 g/mol. The maximum absolute atomic E-state index is 12.8. The molecule has 6 heteroatoms. The molecule has 0 bridgehead atoms. The molecule has 1 unspecified atom stereocenters. The lowest BCUT2D eigenvalue weighted by molar-refractivity contribution is -0.140. The molecule has 5 nitrogen and oxygen atoms in total. The van der Waals surface area contributed by atoms with Gasteiger partial charge in [-0.3, -0.25) is 9.59 Å². The SMILES string of the molecule is CCCC(=O)N1CCCCC1C(=O)Nc1nc(-c2ccc(C)c(C)c2)cs1. The van der Waals surface area contributed by atoms with Crippen molar-refractivity contribution in [1.82, 2.24) is 9.88 Å². The molecule has 3 rings (SSSR count). The van der Waals surface area contributed by atoms with Crippen molar-refractivity contribution in [1.29, 1.82) is 0 Å². The Hall–Kier alpha value is -2.21. The zero-order valence-corrected chi connectivity index (χ0v) is 17.1. The summed E-state index contributed by atoms with van der Waals surface area (Å²) in [7, 11) is 0. The first-order valence-corrected chi connectivity index (χ1v) is 10.5. The summed E-state index contributed by atoms with van der Waals surface area (Å²) in [5.41, 5.74) is 4.38. The molecule has 0 saturated carbocycles. The van der Waals surface area contributed by atoms with Gasteiger partial charge < -0.3 is 10.2 Å². The molecule has 2 heterocycles. The molecule has 0 aliphatic carbocycles. The molecule has 1 N–H and O–H groups in total. The zero-order valence-electron chi connectivity index (χ0n) is 16.2. The molecule has 1 atom stereocenters. The van der Waals surface area contributed by atoms with E-state index in [4.69, 9.17) is 0 Å². The summed E-state index contributed by atoms with van der Waals surface area (Å²) in [6, 6.07) is 5.87. The van der Waals surface area contributed by atoms with Crippen LogP contribution in [-0.2, 0) is 9.59 Å². The molecule has 27 heavy (non-hydrogen) atoms. The lowest BCUT2D eigenvalue weighted by Gasteiger charge is -2.34. The first kappa shape index (κ1) is 19.5. The Morgan fingerprint density at radius 1 is 1.26 bits per heavy atom. The van der Waals surface area contributed by atoms with Gasteiger partial charge in [-0.2, -0.15) is 0 Å². The van der Waals surface area contributed by atoms with Crippen LogP contribution in [0.3, 0.4) is 0 Å². The Labute approximate surface area is 164 Å². The lowest BCUT2D eigenvalue weighted by atomic mass is 10.0. The molecule has 0 radical (unpaired) electrons. The molecule has 144 valence electrons. The van der Waals surface area contributed by atoms with Crippen LogP contribution in [0.2, 0.25) is 0 Å². The van der Waals surface area contributed by atoms with Crippen LogP contribution in [0.4, 0.5) is 5.13 Å². The molecule has 1 aromatic heterocycles. The largest absolute Gasteiger partial charge is 0.331 e. The van der Waals surface area contributed by atoms with Crippen molar-refractivity contribution >= 4 is 28.3 Å². The van der Waals surface area contributed by atoms with Crippen LogP contribution in [-0.4, -0.2) is 34.3 Å². The second kappa shape index (κ2) is 8.65.